The summed E-state index contributed by atoms with van der Waals surface area (Å²) in [4.78, 5) is 24.7. The third-order valence-corrected chi connectivity index (χ3v) is 10.3. The van der Waals surface area contributed by atoms with Crippen LogP contribution in [0.25, 0.3) is 15.9 Å². The first-order chi connectivity index (χ1) is 16.4. The molecule has 184 valence electrons. The number of carbonyl (C=O) groups is 2. The number of nitrogens with zero attached hydrogens (tertiary/aromatic N) is 2. The number of fused-ring (bicyclic) bond motifs is 2. The van der Waals surface area contributed by atoms with Crippen molar-refractivity contribution >= 4 is 67.4 Å². The number of aliphatic carboxylic acids is 2. The van der Waals surface area contributed by atoms with E-state index in [2.05, 4.69) is 65.8 Å². The fourth-order valence-corrected chi connectivity index (χ4v) is 8.76. The first-order valence-electron chi connectivity index (χ1n) is 11.2. The topological polar surface area (TPSA) is 81.7 Å². The molecule has 0 spiro atoms. The van der Waals surface area contributed by atoms with Crippen LogP contribution in [0.15, 0.2) is 58.7 Å². The fourth-order valence-electron chi connectivity index (χ4n) is 3.92. The van der Waals surface area contributed by atoms with Crippen molar-refractivity contribution in [3.05, 3.63) is 68.8 Å². The van der Waals surface area contributed by atoms with Crippen molar-refractivity contribution in [3.63, 3.8) is 0 Å². The Hall–Kier alpha value is -2.15. The van der Waals surface area contributed by atoms with Crippen molar-refractivity contribution in [3.8, 4) is 0 Å². The van der Waals surface area contributed by atoms with E-state index in [-0.39, 0.29) is 59.3 Å². The van der Waals surface area contributed by atoms with E-state index < -0.39 is 11.9 Å². The predicted octanol–water partition coefficient (Wildman–Crippen LogP) is -0.0694. The molecular formula is C26H27BrN2O4Se2. The Labute approximate surface area is 227 Å². The molecule has 0 bridgehead atoms. The fraction of sp³-hybridized carbons (Fsp3) is 0.269. The summed E-state index contributed by atoms with van der Waals surface area (Å²) in [5, 5.41) is 18.5. The quantitative estimate of drug-likeness (QED) is 0.247. The number of allylic oxidation sites excluding steroid dienone is 2. The summed E-state index contributed by atoms with van der Waals surface area (Å²) < 4.78 is 7.03. The molecule has 1 aliphatic heterocycles. The zero-order valence-electron chi connectivity index (χ0n) is 19.5. The second-order valence-electron chi connectivity index (χ2n) is 8.13. The molecule has 2 N–H and O–H groups in total. The van der Waals surface area contributed by atoms with Gasteiger partial charge in [0.1, 0.15) is 0 Å². The molecule has 1 aromatic heterocycles. The summed E-state index contributed by atoms with van der Waals surface area (Å²) in [6.45, 7) is 5.09. The van der Waals surface area contributed by atoms with E-state index in [1.165, 1.54) is 29.0 Å². The number of halogens is 1. The van der Waals surface area contributed by atoms with Crippen LogP contribution in [0.4, 0.5) is 5.69 Å². The summed E-state index contributed by atoms with van der Waals surface area (Å²) in [5.74, 6) is -1.59. The van der Waals surface area contributed by atoms with Gasteiger partial charge in [0.15, 0.2) is 0 Å². The van der Waals surface area contributed by atoms with Crippen LogP contribution in [0.5, 0.6) is 0 Å². The minimum atomic E-state index is -0.797. The van der Waals surface area contributed by atoms with E-state index in [9.17, 15) is 19.8 Å². The van der Waals surface area contributed by atoms with E-state index >= 15 is 0 Å². The van der Waals surface area contributed by atoms with Gasteiger partial charge in [-0.15, -0.1) is 0 Å². The van der Waals surface area contributed by atoms with Gasteiger partial charge >= 0.3 is 212 Å². The number of hydrogen-bond donors (Lipinski definition) is 2. The number of aromatic nitrogens is 1. The van der Waals surface area contributed by atoms with Crippen LogP contribution in [-0.2, 0) is 16.1 Å². The first kappa shape index (κ1) is 27.4. The molecule has 0 unspecified atom stereocenters. The number of rotatable bonds is 9. The largest absolute Gasteiger partial charge is 1.00 e. The molecule has 6 nitrogen and oxygen atoms in total. The molecule has 35 heavy (non-hydrogen) atoms. The third kappa shape index (κ3) is 6.54. The van der Waals surface area contributed by atoms with E-state index in [1.54, 1.807) is 0 Å². The van der Waals surface area contributed by atoms with E-state index in [1.807, 2.05) is 12.1 Å². The Balaban J connectivity index is 0.00000342. The Kier molecular flexibility index (Phi) is 9.56. The number of hydrogen-bond acceptors (Lipinski definition) is 3. The van der Waals surface area contributed by atoms with Crippen molar-refractivity contribution in [2.75, 3.05) is 11.4 Å². The molecule has 2 aromatic carbocycles. The summed E-state index contributed by atoms with van der Waals surface area (Å²) in [6, 6.07) is 14.6. The molecule has 9 heteroatoms. The zero-order valence-corrected chi connectivity index (χ0v) is 24.5. The second-order valence-corrected chi connectivity index (χ2v) is 12.6. The molecule has 0 saturated carbocycles. The molecule has 0 atom stereocenters. The van der Waals surface area contributed by atoms with Gasteiger partial charge in [0.25, 0.3) is 0 Å². The summed E-state index contributed by atoms with van der Waals surface area (Å²) in [6.07, 6.45) is 5.45. The standard InChI is InChI=1S/C26H26N2O4Se2.BrH/c1-3-18(15-23-27(12-10-25(29)30)19-6-4-5-7-21(19)33-23)16-24-28(13-11-26(31)32)20-14-17(2)8-9-22(20)34-24;/h4-9,14-16H,3,10-13H2,1-2H3,(H-,29,30,31,32);1H. The molecular weight excluding hydrogens is 642 g/mol. The van der Waals surface area contributed by atoms with Crippen molar-refractivity contribution < 1.29 is 41.4 Å². The average molecular weight is 669 g/mol. The summed E-state index contributed by atoms with van der Waals surface area (Å²) >= 11 is 0.213. The van der Waals surface area contributed by atoms with Gasteiger partial charge in [0, 0.05) is 0 Å². The van der Waals surface area contributed by atoms with Gasteiger partial charge in [0.2, 0.25) is 0 Å². The Bertz CT molecular complexity index is 1320. The SMILES string of the molecule is CCC(/C=C1\[Se]c2ccc(C)cc2N1CCC(=O)O)=C\c1[se]c2ccccc2[n+]1CCC(=O)O.[Br-]. The number of anilines is 1. The van der Waals surface area contributed by atoms with Gasteiger partial charge in [-0.25, -0.2) is 0 Å². The van der Waals surface area contributed by atoms with E-state index in [0.717, 1.165) is 17.6 Å². The Morgan fingerprint density at radius 3 is 2.54 bits per heavy atom. The van der Waals surface area contributed by atoms with Gasteiger partial charge in [-0.2, -0.15) is 0 Å². The molecule has 1 aliphatic rings. The minimum Gasteiger partial charge on any atom is -1.00 e. The Morgan fingerprint density at radius 1 is 1.09 bits per heavy atom. The van der Waals surface area contributed by atoms with Crippen molar-refractivity contribution in [1.29, 1.82) is 0 Å². The summed E-state index contributed by atoms with van der Waals surface area (Å²) in [7, 11) is 0. The zero-order chi connectivity index (χ0) is 24.2. The number of benzene rings is 2. The summed E-state index contributed by atoms with van der Waals surface area (Å²) in [5.41, 5.74) is 4.57. The van der Waals surface area contributed by atoms with Gasteiger partial charge in [-0.3, -0.25) is 0 Å². The molecule has 3 aromatic rings. The van der Waals surface area contributed by atoms with Crippen LogP contribution < -0.4 is 30.9 Å². The van der Waals surface area contributed by atoms with Crippen molar-refractivity contribution in [1.82, 2.24) is 0 Å². The smallest absolute Gasteiger partial charge is 1.00 e. The predicted molar refractivity (Wildman–Crippen MR) is 136 cm³/mol. The average Bonchev–Trinajstić information content (AvgIpc) is 3.32. The maximum Gasteiger partial charge on any atom is -1.00 e. The number of carboxylic acids is 2. The first-order valence-corrected chi connectivity index (χ1v) is 14.6. The molecule has 0 saturated heterocycles. The van der Waals surface area contributed by atoms with Crippen molar-refractivity contribution in [2.24, 2.45) is 0 Å². The van der Waals surface area contributed by atoms with Crippen LogP contribution in [0.2, 0.25) is 0 Å². The second kappa shape index (κ2) is 12.2. The molecule has 2 heterocycles. The van der Waals surface area contributed by atoms with Crippen LogP contribution >= 0.6 is 0 Å². The maximum atomic E-state index is 11.3. The molecule has 0 aliphatic carbocycles. The number of aryl methyl sites for hydroxylation is 2. The normalized spacial score (nSPS) is 14.3. The number of para-hydroxylation sites is 1. The maximum absolute atomic E-state index is 11.3. The van der Waals surface area contributed by atoms with Crippen molar-refractivity contribution in [2.45, 2.75) is 39.7 Å². The number of carboxylic acid groups (broad SMARTS) is 2. The van der Waals surface area contributed by atoms with E-state index in [4.69, 9.17) is 0 Å². The Morgan fingerprint density at radius 2 is 1.83 bits per heavy atom. The van der Waals surface area contributed by atoms with Gasteiger partial charge < -0.3 is 17.0 Å². The van der Waals surface area contributed by atoms with Gasteiger partial charge in [0.05, 0.1) is 0 Å². The van der Waals surface area contributed by atoms with Crippen LogP contribution in [0.1, 0.15) is 36.3 Å². The van der Waals surface area contributed by atoms with Crippen LogP contribution in [0, 0.1) is 6.92 Å². The molecule has 0 amide bonds. The minimum absolute atomic E-state index is 0. The van der Waals surface area contributed by atoms with E-state index in [0.29, 0.717) is 13.1 Å². The van der Waals surface area contributed by atoms with Gasteiger partial charge in [-0.1, -0.05) is 0 Å². The van der Waals surface area contributed by atoms with Crippen LogP contribution in [-0.4, -0.2) is 58.2 Å². The molecule has 0 fully saturated rings. The third-order valence-electron chi connectivity index (χ3n) is 5.65. The van der Waals surface area contributed by atoms with Gasteiger partial charge in [-0.05, 0) is 0 Å². The molecule has 0 radical (unpaired) electrons. The monoisotopic (exact) mass is 670 g/mol. The van der Waals surface area contributed by atoms with Crippen LogP contribution in [0.3, 0.4) is 0 Å². The molecule has 4 rings (SSSR count).